The Bertz CT molecular complexity index is 279. The second-order valence-electron chi connectivity index (χ2n) is 4.72. The van der Waals surface area contributed by atoms with Crippen molar-refractivity contribution in [2.75, 3.05) is 6.61 Å². The lowest BCUT2D eigenvalue weighted by Crippen LogP contribution is -2.43. The van der Waals surface area contributed by atoms with Crippen molar-refractivity contribution in [3.63, 3.8) is 0 Å². The van der Waals surface area contributed by atoms with E-state index in [1.54, 1.807) is 20.8 Å². The molecule has 1 rings (SSSR count). The molecular weight excluding hydrogens is 214 g/mol. The third-order valence-electron chi connectivity index (χ3n) is 1.90. The highest BCUT2D eigenvalue weighted by molar-refractivity contribution is 5.71. The zero-order valence-corrected chi connectivity index (χ0v) is 9.65. The van der Waals surface area contributed by atoms with Crippen molar-refractivity contribution in [1.29, 1.82) is 0 Å². The summed E-state index contributed by atoms with van der Waals surface area (Å²) in [4.78, 5) is 22.0. The van der Waals surface area contributed by atoms with Crippen LogP contribution in [0.2, 0.25) is 0 Å². The molecule has 0 aromatic carbocycles. The Morgan fingerprint density at radius 2 is 2.12 bits per heavy atom. The van der Waals surface area contributed by atoms with Gasteiger partial charge in [0.2, 0.25) is 0 Å². The van der Waals surface area contributed by atoms with Crippen LogP contribution >= 0.6 is 0 Å². The van der Waals surface area contributed by atoms with E-state index in [9.17, 15) is 9.59 Å². The normalized spacial score (nSPS) is 21.1. The SMILES string of the molecule is CC(C)(C)OC(=O)N[C@@H](CC(=O)O)[C@H]1CO1. The van der Waals surface area contributed by atoms with Crippen LogP contribution < -0.4 is 5.32 Å². The van der Waals surface area contributed by atoms with Gasteiger partial charge in [0, 0.05) is 0 Å². The van der Waals surface area contributed by atoms with Crippen LogP contribution in [-0.2, 0) is 14.3 Å². The molecule has 1 amide bonds. The molecule has 1 saturated heterocycles. The summed E-state index contributed by atoms with van der Waals surface area (Å²) < 4.78 is 10.00. The third kappa shape index (κ3) is 4.97. The third-order valence-corrected chi connectivity index (χ3v) is 1.90. The van der Waals surface area contributed by atoms with E-state index >= 15 is 0 Å². The van der Waals surface area contributed by atoms with Crippen LogP contribution in [0.1, 0.15) is 27.2 Å². The number of nitrogens with one attached hydrogen (secondary N) is 1. The number of alkyl carbamates (subject to hydrolysis) is 1. The monoisotopic (exact) mass is 231 g/mol. The van der Waals surface area contributed by atoms with Gasteiger partial charge in [-0.2, -0.15) is 0 Å². The minimum atomic E-state index is -0.975. The highest BCUT2D eigenvalue weighted by Gasteiger charge is 2.36. The van der Waals surface area contributed by atoms with Crippen LogP contribution in [0.15, 0.2) is 0 Å². The fourth-order valence-electron chi connectivity index (χ4n) is 1.21. The van der Waals surface area contributed by atoms with Crippen molar-refractivity contribution in [2.24, 2.45) is 0 Å². The van der Waals surface area contributed by atoms with Crippen molar-refractivity contribution in [3.8, 4) is 0 Å². The van der Waals surface area contributed by atoms with Crippen LogP contribution in [0.4, 0.5) is 4.79 Å². The number of hydrogen-bond donors (Lipinski definition) is 2. The molecule has 92 valence electrons. The Kier molecular flexibility index (Phi) is 3.74. The predicted octanol–water partition coefficient (Wildman–Crippen LogP) is 0.753. The fraction of sp³-hybridized carbons (Fsp3) is 0.800. The number of carboxylic acids is 1. The van der Waals surface area contributed by atoms with Gasteiger partial charge in [-0.3, -0.25) is 4.79 Å². The average Bonchev–Trinajstić information content (AvgIpc) is 2.78. The zero-order chi connectivity index (χ0) is 12.3. The molecule has 2 atom stereocenters. The van der Waals surface area contributed by atoms with E-state index in [0.29, 0.717) is 6.61 Å². The first kappa shape index (κ1) is 12.8. The summed E-state index contributed by atoms with van der Waals surface area (Å²) in [6.07, 6.45) is -0.984. The first-order chi connectivity index (χ1) is 7.28. The van der Waals surface area contributed by atoms with Gasteiger partial charge in [0.25, 0.3) is 0 Å². The highest BCUT2D eigenvalue weighted by Crippen LogP contribution is 2.17. The predicted molar refractivity (Wildman–Crippen MR) is 55.2 cm³/mol. The van der Waals surface area contributed by atoms with Crippen LogP contribution in [0.5, 0.6) is 0 Å². The Balaban J connectivity index is 2.42. The molecule has 0 spiro atoms. The van der Waals surface area contributed by atoms with E-state index in [0.717, 1.165) is 0 Å². The van der Waals surface area contributed by atoms with E-state index in [-0.39, 0.29) is 12.5 Å². The van der Waals surface area contributed by atoms with Gasteiger partial charge in [-0.25, -0.2) is 4.79 Å². The Morgan fingerprint density at radius 1 is 1.56 bits per heavy atom. The van der Waals surface area contributed by atoms with Gasteiger partial charge >= 0.3 is 12.1 Å². The summed E-state index contributed by atoms with van der Waals surface area (Å²) in [6.45, 7) is 5.71. The van der Waals surface area contributed by atoms with Gasteiger partial charge in [0.05, 0.1) is 19.1 Å². The molecule has 1 aliphatic rings. The van der Waals surface area contributed by atoms with Gasteiger partial charge < -0.3 is 19.9 Å². The lowest BCUT2D eigenvalue weighted by molar-refractivity contribution is -0.137. The van der Waals surface area contributed by atoms with Gasteiger partial charge in [-0.05, 0) is 20.8 Å². The lowest BCUT2D eigenvalue weighted by Gasteiger charge is -2.22. The maximum atomic E-state index is 11.4. The van der Waals surface area contributed by atoms with Crippen molar-refractivity contribution >= 4 is 12.1 Å². The largest absolute Gasteiger partial charge is 0.481 e. The fourth-order valence-corrected chi connectivity index (χ4v) is 1.21. The molecule has 0 aliphatic carbocycles. The first-order valence-electron chi connectivity index (χ1n) is 5.11. The molecule has 6 heteroatoms. The topological polar surface area (TPSA) is 88.2 Å². The van der Waals surface area contributed by atoms with E-state index in [1.807, 2.05) is 0 Å². The molecule has 1 aliphatic heterocycles. The minimum absolute atomic E-state index is 0.163. The molecule has 0 aromatic heterocycles. The van der Waals surface area contributed by atoms with Crippen molar-refractivity contribution in [2.45, 2.75) is 44.9 Å². The molecule has 0 radical (unpaired) electrons. The van der Waals surface area contributed by atoms with E-state index in [4.69, 9.17) is 14.6 Å². The quantitative estimate of drug-likeness (QED) is 0.697. The number of hydrogen-bond acceptors (Lipinski definition) is 4. The van der Waals surface area contributed by atoms with Gasteiger partial charge in [0.15, 0.2) is 0 Å². The number of carbonyl (C=O) groups excluding carboxylic acids is 1. The van der Waals surface area contributed by atoms with Crippen molar-refractivity contribution in [3.05, 3.63) is 0 Å². The number of amides is 1. The van der Waals surface area contributed by atoms with Crippen LogP contribution in [0.25, 0.3) is 0 Å². The second kappa shape index (κ2) is 4.69. The molecule has 6 nitrogen and oxygen atoms in total. The van der Waals surface area contributed by atoms with Crippen molar-refractivity contribution in [1.82, 2.24) is 5.32 Å². The molecule has 2 N–H and O–H groups in total. The molecule has 1 fully saturated rings. The molecule has 0 unspecified atom stereocenters. The van der Waals surface area contributed by atoms with Crippen LogP contribution in [0, 0.1) is 0 Å². The number of carbonyl (C=O) groups is 2. The standard InChI is InChI=1S/C10H17NO5/c1-10(2,3)16-9(14)11-6(4-8(12)13)7-5-15-7/h6-7H,4-5H2,1-3H3,(H,11,14)(H,12,13)/t6-,7+/m0/s1. The highest BCUT2D eigenvalue weighted by atomic mass is 16.6. The van der Waals surface area contributed by atoms with Gasteiger partial charge in [-0.15, -0.1) is 0 Å². The number of carboxylic acid groups (broad SMARTS) is 1. The Morgan fingerprint density at radius 3 is 2.50 bits per heavy atom. The number of rotatable bonds is 4. The number of epoxide rings is 1. The average molecular weight is 231 g/mol. The molecule has 1 heterocycles. The summed E-state index contributed by atoms with van der Waals surface area (Å²) in [7, 11) is 0. The molecule has 0 aromatic rings. The summed E-state index contributed by atoms with van der Waals surface area (Å²) >= 11 is 0. The van der Waals surface area contributed by atoms with E-state index in [1.165, 1.54) is 0 Å². The van der Waals surface area contributed by atoms with E-state index in [2.05, 4.69) is 5.32 Å². The summed E-state index contributed by atoms with van der Waals surface area (Å²) in [5.41, 5.74) is -0.595. The second-order valence-corrected chi connectivity index (χ2v) is 4.72. The Hall–Kier alpha value is -1.30. The zero-order valence-electron chi connectivity index (χ0n) is 9.65. The van der Waals surface area contributed by atoms with Crippen LogP contribution in [0.3, 0.4) is 0 Å². The molecule has 0 bridgehead atoms. The summed E-state index contributed by atoms with van der Waals surface area (Å²) in [5, 5.41) is 11.2. The maximum Gasteiger partial charge on any atom is 0.407 e. The van der Waals surface area contributed by atoms with Crippen molar-refractivity contribution < 1.29 is 24.2 Å². The Labute approximate surface area is 93.9 Å². The maximum absolute atomic E-state index is 11.4. The molecule has 0 saturated carbocycles. The van der Waals surface area contributed by atoms with Gasteiger partial charge in [0.1, 0.15) is 11.7 Å². The smallest absolute Gasteiger partial charge is 0.407 e. The number of ether oxygens (including phenoxy) is 2. The minimum Gasteiger partial charge on any atom is -0.481 e. The molecular formula is C10H17NO5. The summed E-state index contributed by atoms with van der Waals surface area (Å²) in [5.74, 6) is -0.975. The summed E-state index contributed by atoms with van der Waals surface area (Å²) in [6, 6.07) is -0.521. The lowest BCUT2D eigenvalue weighted by atomic mass is 10.1. The van der Waals surface area contributed by atoms with Gasteiger partial charge in [-0.1, -0.05) is 0 Å². The number of aliphatic carboxylic acids is 1. The van der Waals surface area contributed by atoms with Crippen LogP contribution in [-0.4, -0.2) is 41.5 Å². The first-order valence-corrected chi connectivity index (χ1v) is 5.11. The molecule has 16 heavy (non-hydrogen) atoms. The van der Waals surface area contributed by atoms with E-state index < -0.39 is 23.7 Å².